The van der Waals surface area contributed by atoms with Crippen molar-refractivity contribution in [1.82, 2.24) is 5.32 Å². The number of ether oxygens (including phenoxy) is 1. The third-order valence-electron chi connectivity index (χ3n) is 5.70. The SMILES string of the molecule is CCOC1CC(NCC2(C)CCCC2)C1(C)CC. The van der Waals surface area contributed by atoms with Gasteiger partial charge in [-0.1, -0.05) is 33.6 Å². The van der Waals surface area contributed by atoms with Gasteiger partial charge in [-0.05, 0) is 38.0 Å². The van der Waals surface area contributed by atoms with Gasteiger partial charge in [-0.15, -0.1) is 0 Å². The van der Waals surface area contributed by atoms with Crippen molar-refractivity contribution < 1.29 is 4.74 Å². The van der Waals surface area contributed by atoms with E-state index in [9.17, 15) is 0 Å². The lowest BCUT2D eigenvalue weighted by molar-refractivity contribution is -0.127. The first-order valence-electron chi connectivity index (χ1n) is 7.89. The van der Waals surface area contributed by atoms with Crippen LogP contribution >= 0.6 is 0 Å². The maximum absolute atomic E-state index is 5.87. The van der Waals surface area contributed by atoms with E-state index in [0.29, 0.717) is 23.0 Å². The van der Waals surface area contributed by atoms with Crippen LogP contribution in [-0.2, 0) is 4.74 Å². The molecule has 0 amide bonds. The Balaban J connectivity index is 1.83. The van der Waals surface area contributed by atoms with E-state index in [1.165, 1.54) is 45.1 Å². The van der Waals surface area contributed by atoms with Gasteiger partial charge in [0.1, 0.15) is 0 Å². The molecule has 0 aromatic heterocycles. The molecule has 0 heterocycles. The second kappa shape index (κ2) is 5.50. The van der Waals surface area contributed by atoms with Gasteiger partial charge >= 0.3 is 0 Å². The van der Waals surface area contributed by atoms with E-state index < -0.39 is 0 Å². The predicted octanol–water partition coefficient (Wildman–Crippen LogP) is 3.75. The Morgan fingerprint density at radius 3 is 2.39 bits per heavy atom. The Labute approximate surface area is 113 Å². The highest BCUT2D eigenvalue weighted by atomic mass is 16.5. The molecule has 0 saturated heterocycles. The fourth-order valence-corrected chi connectivity index (χ4v) is 3.84. The number of hydrogen-bond acceptors (Lipinski definition) is 2. The van der Waals surface area contributed by atoms with Gasteiger partial charge in [-0.25, -0.2) is 0 Å². The van der Waals surface area contributed by atoms with Crippen LogP contribution in [0.15, 0.2) is 0 Å². The van der Waals surface area contributed by atoms with Crippen molar-refractivity contribution in [1.29, 1.82) is 0 Å². The van der Waals surface area contributed by atoms with Crippen LogP contribution in [0.5, 0.6) is 0 Å². The average Bonchev–Trinajstić information content (AvgIpc) is 2.79. The van der Waals surface area contributed by atoms with Crippen LogP contribution in [-0.4, -0.2) is 25.3 Å². The third-order valence-corrected chi connectivity index (χ3v) is 5.70. The zero-order valence-electron chi connectivity index (χ0n) is 12.7. The van der Waals surface area contributed by atoms with Crippen molar-refractivity contribution in [2.75, 3.05) is 13.2 Å². The summed E-state index contributed by atoms with van der Waals surface area (Å²) < 4.78 is 5.87. The molecule has 0 radical (unpaired) electrons. The van der Waals surface area contributed by atoms with Gasteiger partial charge in [0, 0.05) is 24.6 Å². The quantitative estimate of drug-likeness (QED) is 0.778. The summed E-state index contributed by atoms with van der Waals surface area (Å²) in [6, 6.07) is 0.663. The van der Waals surface area contributed by atoms with Crippen LogP contribution < -0.4 is 5.32 Å². The second-order valence-electron chi connectivity index (χ2n) is 6.99. The molecule has 3 unspecified atom stereocenters. The number of nitrogens with one attached hydrogen (secondary N) is 1. The van der Waals surface area contributed by atoms with Gasteiger partial charge in [0.2, 0.25) is 0 Å². The topological polar surface area (TPSA) is 21.3 Å². The Hall–Kier alpha value is -0.0800. The Morgan fingerprint density at radius 1 is 1.17 bits per heavy atom. The summed E-state index contributed by atoms with van der Waals surface area (Å²) in [6.45, 7) is 11.3. The van der Waals surface area contributed by atoms with Gasteiger partial charge in [0.05, 0.1) is 6.10 Å². The summed E-state index contributed by atoms with van der Waals surface area (Å²) in [7, 11) is 0. The summed E-state index contributed by atoms with van der Waals surface area (Å²) in [5.74, 6) is 0. The molecule has 106 valence electrons. The minimum absolute atomic E-state index is 0.352. The van der Waals surface area contributed by atoms with Crippen molar-refractivity contribution >= 4 is 0 Å². The fraction of sp³-hybridized carbons (Fsp3) is 1.00. The van der Waals surface area contributed by atoms with E-state index in [0.717, 1.165) is 6.61 Å². The lowest BCUT2D eigenvalue weighted by atomic mass is 9.61. The first-order valence-corrected chi connectivity index (χ1v) is 7.89. The van der Waals surface area contributed by atoms with Crippen LogP contribution in [0.1, 0.15) is 66.2 Å². The molecule has 0 aliphatic heterocycles. The monoisotopic (exact) mass is 253 g/mol. The molecule has 2 aliphatic carbocycles. The first kappa shape index (κ1) is 14.3. The third kappa shape index (κ3) is 2.60. The molecule has 0 aromatic rings. The Kier molecular flexibility index (Phi) is 4.38. The summed E-state index contributed by atoms with van der Waals surface area (Å²) in [4.78, 5) is 0. The van der Waals surface area contributed by atoms with Crippen LogP contribution in [0.2, 0.25) is 0 Å². The Morgan fingerprint density at radius 2 is 1.83 bits per heavy atom. The number of hydrogen-bond donors (Lipinski definition) is 1. The summed E-state index contributed by atoms with van der Waals surface area (Å²) >= 11 is 0. The van der Waals surface area contributed by atoms with E-state index in [1.54, 1.807) is 0 Å². The van der Waals surface area contributed by atoms with E-state index in [2.05, 4.69) is 33.0 Å². The molecular weight excluding hydrogens is 222 g/mol. The molecule has 18 heavy (non-hydrogen) atoms. The van der Waals surface area contributed by atoms with Crippen LogP contribution in [0, 0.1) is 10.8 Å². The van der Waals surface area contributed by atoms with E-state index in [1.807, 2.05) is 0 Å². The van der Waals surface area contributed by atoms with E-state index in [-0.39, 0.29) is 0 Å². The van der Waals surface area contributed by atoms with Crippen molar-refractivity contribution in [3.05, 3.63) is 0 Å². The Bertz CT molecular complexity index is 272. The molecule has 2 nitrogen and oxygen atoms in total. The number of rotatable bonds is 6. The van der Waals surface area contributed by atoms with Gasteiger partial charge in [-0.2, -0.15) is 0 Å². The van der Waals surface area contributed by atoms with E-state index in [4.69, 9.17) is 4.74 Å². The predicted molar refractivity (Wildman–Crippen MR) is 76.8 cm³/mol. The molecule has 2 aliphatic rings. The zero-order valence-corrected chi connectivity index (χ0v) is 12.7. The molecule has 2 rings (SSSR count). The van der Waals surface area contributed by atoms with Gasteiger partial charge in [-0.3, -0.25) is 0 Å². The van der Waals surface area contributed by atoms with Crippen molar-refractivity contribution in [3.8, 4) is 0 Å². The standard InChI is InChI=1S/C16H31NO/c1-5-16(4)13(11-14(16)18-6-2)17-12-15(3)9-7-8-10-15/h13-14,17H,5-12H2,1-4H3. The summed E-state index contributed by atoms with van der Waals surface area (Å²) in [6.07, 6.45) is 8.56. The molecule has 0 spiro atoms. The van der Waals surface area contributed by atoms with Crippen LogP contribution in [0.4, 0.5) is 0 Å². The zero-order chi connectivity index (χ0) is 13.2. The molecule has 1 N–H and O–H groups in total. The maximum Gasteiger partial charge on any atom is 0.0658 e. The average molecular weight is 253 g/mol. The van der Waals surface area contributed by atoms with Crippen molar-refractivity contribution in [2.24, 2.45) is 10.8 Å². The second-order valence-corrected chi connectivity index (χ2v) is 6.99. The molecule has 3 atom stereocenters. The molecule has 2 saturated carbocycles. The van der Waals surface area contributed by atoms with Crippen molar-refractivity contribution in [2.45, 2.75) is 78.4 Å². The van der Waals surface area contributed by atoms with E-state index >= 15 is 0 Å². The minimum atomic E-state index is 0.352. The molecule has 2 heteroatoms. The smallest absolute Gasteiger partial charge is 0.0658 e. The maximum atomic E-state index is 5.87. The van der Waals surface area contributed by atoms with Gasteiger partial charge < -0.3 is 10.1 Å². The van der Waals surface area contributed by atoms with Gasteiger partial charge in [0.15, 0.2) is 0 Å². The highest BCUT2D eigenvalue weighted by Crippen LogP contribution is 2.46. The van der Waals surface area contributed by atoms with Crippen LogP contribution in [0.25, 0.3) is 0 Å². The lowest BCUT2D eigenvalue weighted by Gasteiger charge is -2.54. The molecule has 0 aromatic carbocycles. The lowest BCUT2D eigenvalue weighted by Crippen LogP contribution is -2.63. The largest absolute Gasteiger partial charge is 0.378 e. The normalized spacial score (nSPS) is 38.7. The molecule has 0 bridgehead atoms. The van der Waals surface area contributed by atoms with Gasteiger partial charge in [0.25, 0.3) is 0 Å². The minimum Gasteiger partial charge on any atom is -0.378 e. The highest BCUT2D eigenvalue weighted by Gasteiger charge is 2.51. The first-order chi connectivity index (χ1) is 8.54. The summed E-state index contributed by atoms with van der Waals surface area (Å²) in [5, 5.41) is 3.85. The summed E-state index contributed by atoms with van der Waals surface area (Å²) in [5.41, 5.74) is 0.913. The molecular formula is C16H31NO. The van der Waals surface area contributed by atoms with Crippen molar-refractivity contribution in [3.63, 3.8) is 0 Å². The fourth-order valence-electron chi connectivity index (χ4n) is 3.84. The van der Waals surface area contributed by atoms with Crippen LogP contribution in [0.3, 0.4) is 0 Å². The highest BCUT2D eigenvalue weighted by molar-refractivity contribution is 5.05. The molecule has 2 fully saturated rings.